The molecule has 0 radical (unpaired) electrons. The number of fused-ring (bicyclic) bond motifs is 1. The maximum Gasteiger partial charge on any atom is 0.422 e. The van der Waals surface area contributed by atoms with E-state index in [1.165, 1.54) is 22.4 Å². The molecule has 2 aromatic carbocycles. The molecule has 0 unspecified atom stereocenters. The Labute approximate surface area is 151 Å². The molecule has 4 nitrogen and oxygen atoms in total. The van der Waals surface area contributed by atoms with Crippen LogP contribution in [0.5, 0.6) is 5.75 Å². The third-order valence-electron chi connectivity index (χ3n) is 3.61. The van der Waals surface area contributed by atoms with E-state index in [2.05, 4.69) is 4.98 Å². The topological polar surface area (TPSA) is 44.1 Å². The molecule has 0 aliphatic carbocycles. The minimum Gasteiger partial charge on any atom is -0.484 e. The van der Waals surface area contributed by atoms with E-state index in [0.29, 0.717) is 21.8 Å². The van der Waals surface area contributed by atoms with Crippen molar-refractivity contribution >= 4 is 22.7 Å². The quantitative estimate of drug-likeness (QED) is 0.492. The maximum atomic E-state index is 12.4. The summed E-state index contributed by atoms with van der Waals surface area (Å²) in [6.07, 6.45) is -4.38. The average Bonchev–Trinajstić information content (AvgIpc) is 2.62. The number of halogens is 3. The maximum absolute atomic E-state index is 12.4. The number of nitrogens with zero attached hydrogens (tertiary/aromatic N) is 2. The number of thioether (sulfide) groups is 1. The Balaban J connectivity index is 1.76. The first-order valence-electron chi connectivity index (χ1n) is 7.70. The van der Waals surface area contributed by atoms with Gasteiger partial charge in [0.2, 0.25) is 0 Å². The van der Waals surface area contributed by atoms with Gasteiger partial charge in [-0.25, -0.2) is 4.98 Å². The molecule has 0 fully saturated rings. The fraction of sp³-hybridized carbons (Fsp3) is 0.222. The third kappa shape index (κ3) is 4.37. The number of hydrogen-bond acceptors (Lipinski definition) is 4. The van der Waals surface area contributed by atoms with Crippen LogP contribution in [-0.2, 0) is 12.8 Å². The summed E-state index contributed by atoms with van der Waals surface area (Å²) >= 11 is 1.34. The Kier molecular flexibility index (Phi) is 5.22. The van der Waals surface area contributed by atoms with E-state index >= 15 is 0 Å². The van der Waals surface area contributed by atoms with Gasteiger partial charge in [0.15, 0.2) is 11.8 Å². The van der Waals surface area contributed by atoms with E-state index in [1.54, 1.807) is 43.4 Å². The fourth-order valence-electron chi connectivity index (χ4n) is 2.36. The molecule has 3 aromatic rings. The largest absolute Gasteiger partial charge is 0.484 e. The van der Waals surface area contributed by atoms with Gasteiger partial charge in [-0.3, -0.25) is 9.36 Å². The second kappa shape index (κ2) is 7.41. The molecule has 0 spiro atoms. The number of para-hydroxylation sites is 1. The van der Waals surface area contributed by atoms with Crippen LogP contribution in [0.15, 0.2) is 58.5 Å². The Bertz CT molecular complexity index is 986. The van der Waals surface area contributed by atoms with Crippen LogP contribution >= 0.6 is 11.8 Å². The van der Waals surface area contributed by atoms with Gasteiger partial charge in [-0.15, -0.1) is 0 Å². The van der Waals surface area contributed by atoms with Crippen molar-refractivity contribution < 1.29 is 17.9 Å². The van der Waals surface area contributed by atoms with Crippen molar-refractivity contribution in [2.45, 2.75) is 17.1 Å². The second-order valence-electron chi connectivity index (χ2n) is 5.62. The molecule has 136 valence electrons. The molecule has 0 N–H and O–H groups in total. The summed E-state index contributed by atoms with van der Waals surface area (Å²) in [4.78, 5) is 16.9. The highest BCUT2D eigenvalue weighted by Gasteiger charge is 2.28. The Morgan fingerprint density at radius 1 is 1.15 bits per heavy atom. The molecule has 0 bridgehead atoms. The molecule has 0 saturated carbocycles. The van der Waals surface area contributed by atoms with E-state index in [9.17, 15) is 18.0 Å². The standard InChI is InChI=1S/C18H15F3N2O2S/c1-23-16(24)14-7-2-3-8-15(14)22-17(23)26-10-12-5-4-6-13(9-12)25-11-18(19,20)21/h2-9H,10-11H2,1H3. The summed E-state index contributed by atoms with van der Waals surface area (Å²) in [5.41, 5.74) is 1.25. The van der Waals surface area contributed by atoms with Crippen LogP contribution in [0.4, 0.5) is 13.2 Å². The predicted octanol–water partition coefficient (Wildman–Crippen LogP) is 4.17. The van der Waals surface area contributed by atoms with Gasteiger partial charge in [-0.2, -0.15) is 13.2 Å². The summed E-state index contributed by atoms with van der Waals surface area (Å²) in [7, 11) is 1.65. The van der Waals surface area contributed by atoms with Gasteiger partial charge in [0.25, 0.3) is 5.56 Å². The predicted molar refractivity (Wildman–Crippen MR) is 94.5 cm³/mol. The van der Waals surface area contributed by atoms with Crippen molar-refractivity contribution in [2.24, 2.45) is 7.05 Å². The van der Waals surface area contributed by atoms with Crippen LogP contribution in [0.25, 0.3) is 10.9 Å². The molecule has 0 atom stereocenters. The van der Waals surface area contributed by atoms with Crippen molar-refractivity contribution in [3.05, 3.63) is 64.4 Å². The number of benzene rings is 2. The van der Waals surface area contributed by atoms with Gasteiger partial charge in [-0.05, 0) is 29.8 Å². The summed E-state index contributed by atoms with van der Waals surface area (Å²) in [6.45, 7) is -1.33. The van der Waals surface area contributed by atoms with Crippen molar-refractivity contribution in [1.82, 2.24) is 9.55 Å². The zero-order chi connectivity index (χ0) is 18.7. The summed E-state index contributed by atoms with van der Waals surface area (Å²) in [5.74, 6) is 0.600. The Morgan fingerprint density at radius 3 is 2.69 bits per heavy atom. The number of aromatic nitrogens is 2. The van der Waals surface area contributed by atoms with E-state index in [0.717, 1.165) is 5.56 Å². The summed E-state index contributed by atoms with van der Waals surface area (Å²) in [5, 5.41) is 1.08. The summed E-state index contributed by atoms with van der Waals surface area (Å²) in [6, 6.07) is 13.5. The second-order valence-corrected chi connectivity index (χ2v) is 6.56. The van der Waals surface area contributed by atoms with Crippen LogP contribution < -0.4 is 10.3 Å². The van der Waals surface area contributed by atoms with E-state index in [1.807, 2.05) is 6.07 Å². The lowest BCUT2D eigenvalue weighted by atomic mass is 10.2. The molecule has 0 aliphatic rings. The minimum absolute atomic E-state index is 0.139. The highest BCUT2D eigenvalue weighted by Crippen LogP contribution is 2.24. The lowest BCUT2D eigenvalue weighted by Gasteiger charge is -2.11. The first kappa shape index (κ1) is 18.3. The van der Waals surface area contributed by atoms with E-state index in [4.69, 9.17) is 4.74 Å². The van der Waals surface area contributed by atoms with Gasteiger partial charge in [0.05, 0.1) is 10.9 Å². The first-order chi connectivity index (χ1) is 12.3. The van der Waals surface area contributed by atoms with Crippen LogP contribution in [0.1, 0.15) is 5.56 Å². The molecule has 0 amide bonds. The van der Waals surface area contributed by atoms with Crippen LogP contribution in [-0.4, -0.2) is 22.3 Å². The zero-order valence-electron chi connectivity index (χ0n) is 13.8. The monoisotopic (exact) mass is 380 g/mol. The average molecular weight is 380 g/mol. The lowest BCUT2D eigenvalue weighted by molar-refractivity contribution is -0.153. The molecular weight excluding hydrogens is 365 g/mol. The zero-order valence-corrected chi connectivity index (χ0v) is 14.6. The SMILES string of the molecule is Cn1c(SCc2cccc(OCC(F)(F)F)c2)nc2ccccc2c1=O. The Morgan fingerprint density at radius 2 is 1.92 bits per heavy atom. The van der Waals surface area contributed by atoms with Crippen molar-refractivity contribution in [1.29, 1.82) is 0 Å². The fourth-order valence-corrected chi connectivity index (χ4v) is 3.28. The third-order valence-corrected chi connectivity index (χ3v) is 4.71. The number of ether oxygens (including phenoxy) is 1. The summed E-state index contributed by atoms with van der Waals surface area (Å²) < 4.78 is 43.0. The highest BCUT2D eigenvalue weighted by molar-refractivity contribution is 7.98. The number of rotatable bonds is 5. The van der Waals surface area contributed by atoms with Crippen molar-refractivity contribution in [2.75, 3.05) is 6.61 Å². The molecule has 0 aliphatic heterocycles. The van der Waals surface area contributed by atoms with E-state index < -0.39 is 12.8 Å². The highest BCUT2D eigenvalue weighted by atomic mass is 32.2. The lowest BCUT2D eigenvalue weighted by Crippen LogP contribution is -2.20. The van der Waals surface area contributed by atoms with Crippen molar-refractivity contribution in [3.63, 3.8) is 0 Å². The molecular formula is C18H15F3N2O2S. The van der Waals surface area contributed by atoms with Crippen LogP contribution in [0.2, 0.25) is 0 Å². The molecule has 3 rings (SSSR count). The van der Waals surface area contributed by atoms with Crippen LogP contribution in [0.3, 0.4) is 0 Å². The molecule has 1 aromatic heterocycles. The Hall–Kier alpha value is -2.48. The first-order valence-corrected chi connectivity index (χ1v) is 8.69. The van der Waals surface area contributed by atoms with Crippen LogP contribution in [0, 0.1) is 0 Å². The van der Waals surface area contributed by atoms with Gasteiger partial charge in [0.1, 0.15) is 5.75 Å². The molecule has 8 heteroatoms. The van der Waals surface area contributed by atoms with Gasteiger partial charge in [-0.1, -0.05) is 36.0 Å². The van der Waals surface area contributed by atoms with E-state index in [-0.39, 0.29) is 11.3 Å². The van der Waals surface area contributed by atoms with Gasteiger partial charge >= 0.3 is 6.18 Å². The smallest absolute Gasteiger partial charge is 0.422 e. The number of alkyl halides is 3. The molecule has 26 heavy (non-hydrogen) atoms. The molecule has 1 heterocycles. The normalized spacial score (nSPS) is 11.7. The van der Waals surface area contributed by atoms with Crippen molar-refractivity contribution in [3.8, 4) is 5.75 Å². The molecule has 0 saturated heterocycles. The minimum atomic E-state index is -4.38. The number of hydrogen-bond donors (Lipinski definition) is 0. The van der Waals surface area contributed by atoms with Gasteiger partial charge in [0, 0.05) is 12.8 Å². The van der Waals surface area contributed by atoms with Gasteiger partial charge < -0.3 is 4.74 Å².